The van der Waals surface area contributed by atoms with Crippen molar-refractivity contribution in [1.82, 2.24) is 0 Å². The summed E-state index contributed by atoms with van der Waals surface area (Å²) in [5.41, 5.74) is 1.88. The van der Waals surface area contributed by atoms with Crippen LogP contribution in [0, 0.1) is 0 Å². The standard InChI is InChI=1S/C24H33NO3/c1-4-6-7-10-17-27-21-15-13-20(14-16-21)25-24(26)18-28-23-12-9-8-11-22(23)19(3)5-2/h8-9,11-16,19H,4-7,10,17-18H2,1-3H3,(H,25,26)/t19-/m1/s1. The molecule has 152 valence electrons. The van der Waals surface area contributed by atoms with E-state index in [1.807, 2.05) is 42.5 Å². The Bertz CT molecular complexity index is 712. The van der Waals surface area contributed by atoms with Crippen LogP contribution in [0.5, 0.6) is 11.5 Å². The van der Waals surface area contributed by atoms with Gasteiger partial charge in [0.15, 0.2) is 6.61 Å². The molecule has 0 heterocycles. The number of ether oxygens (including phenoxy) is 2. The molecular formula is C24H33NO3. The van der Waals surface area contributed by atoms with Crippen molar-refractivity contribution in [3.8, 4) is 11.5 Å². The predicted molar refractivity (Wildman–Crippen MR) is 115 cm³/mol. The number of nitrogens with one attached hydrogen (secondary N) is 1. The molecule has 0 aliphatic carbocycles. The summed E-state index contributed by atoms with van der Waals surface area (Å²) in [6.45, 7) is 7.23. The molecule has 0 saturated carbocycles. The smallest absolute Gasteiger partial charge is 0.262 e. The van der Waals surface area contributed by atoms with Crippen LogP contribution in [-0.2, 0) is 4.79 Å². The SMILES string of the molecule is CCCCCCOc1ccc(NC(=O)COc2ccccc2[C@H](C)CC)cc1. The normalized spacial score (nSPS) is 11.7. The Kier molecular flexibility index (Phi) is 9.40. The Labute approximate surface area is 169 Å². The fraction of sp³-hybridized carbons (Fsp3) is 0.458. The Morgan fingerprint density at radius 2 is 1.71 bits per heavy atom. The van der Waals surface area contributed by atoms with Gasteiger partial charge in [0.25, 0.3) is 5.91 Å². The summed E-state index contributed by atoms with van der Waals surface area (Å²) < 4.78 is 11.5. The monoisotopic (exact) mass is 383 g/mol. The molecule has 4 nitrogen and oxygen atoms in total. The lowest BCUT2D eigenvalue weighted by Crippen LogP contribution is -2.20. The predicted octanol–water partition coefficient (Wildman–Crippen LogP) is 6.18. The van der Waals surface area contributed by atoms with E-state index in [4.69, 9.17) is 9.47 Å². The Morgan fingerprint density at radius 3 is 2.43 bits per heavy atom. The third kappa shape index (κ3) is 7.26. The van der Waals surface area contributed by atoms with Gasteiger partial charge in [-0.2, -0.15) is 0 Å². The average molecular weight is 384 g/mol. The summed E-state index contributed by atoms with van der Waals surface area (Å²) in [6, 6.07) is 15.4. The molecule has 0 fully saturated rings. The maximum Gasteiger partial charge on any atom is 0.262 e. The maximum atomic E-state index is 12.2. The number of unbranched alkanes of at least 4 members (excludes halogenated alkanes) is 3. The second-order valence-corrected chi connectivity index (χ2v) is 7.12. The zero-order chi connectivity index (χ0) is 20.2. The minimum absolute atomic E-state index is 0.0108. The van der Waals surface area contributed by atoms with Gasteiger partial charge >= 0.3 is 0 Å². The van der Waals surface area contributed by atoms with Crippen molar-refractivity contribution in [1.29, 1.82) is 0 Å². The van der Waals surface area contributed by atoms with Crippen molar-refractivity contribution in [3.05, 3.63) is 54.1 Å². The van der Waals surface area contributed by atoms with E-state index in [0.717, 1.165) is 42.2 Å². The molecule has 0 aliphatic rings. The highest BCUT2D eigenvalue weighted by atomic mass is 16.5. The Morgan fingerprint density at radius 1 is 0.964 bits per heavy atom. The first kappa shape index (κ1) is 21.8. The lowest BCUT2D eigenvalue weighted by molar-refractivity contribution is -0.118. The Balaban J connectivity index is 1.79. The van der Waals surface area contributed by atoms with Gasteiger partial charge in [-0.25, -0.2) is 0 Å². The van der Waals surface area contributed by atoms with E-state index in [1.54, 1.807) is 0 Å². The highest BCUT2D eigenvalue weighted by molar-refractivity contribution is 5.91. The highest BCUT2D eigenvalue weighted by Gasteiger charge is 2.11. The number of anilines is 1. The van der Waals surface area contributed by atoms with Gasteiger partial charge in [0.2, 0.25) is 0 Å². The third-order valence-corrected chi connectivity index (χ3v) is 4.83. The van der Waals surface area contributed by atoms with Crippen LogP contribution < -0.4 is 14.8 Å². The second kappa shape index (κ2) is 12.1. The van der Waals surface area contributed by atoms with E-state index in [-0.39, 0.29) is 12.5 Å². The molecule has 1 N–H and O–H groups in total. The van der Waals surface area contributed by atoms with E-state index in [2.05, 4.69) is 32.2 Å². The van der Waals surface area contributed by atoms with Gasteiger partial charge in [0, 0.05) is 5.69 Å². The van der Waals surface area contributed by atoms with E-state index >= 15 is 0 Å². The molecule has 0 spiro atoms. The van der Waals surface area contributed by atoms with Crippen LogP contribution in [0.15, 0.2) is 48.5 Å². The fourth-order valence-electron chi connectivity index (χ4n) is 2.93. The maximum absolute atomic E-state index is 12.2. The fourth-order valence-corrected chi connectivity index (χ4v) is 2.93. The molecular weight excluding hydrogens is 350 g/mol. The van der Waals surface area contributed by atoms with Crippen LogP contribution in [0.1, 0.15) is 64.4 Å². The number of benzene rings is 2. The summed E-state index contributed by atoms with van der Waals surface area (Å²) in [7, 11) is 0. The number of hydrogen-bond acceptors (Lipinski definition) is 3. The number of amides is 1. The van der Waals surface area contributed by atoms with Gasteiger partial charge in [-0.05, 0) is 54.7 Å². The minimum Gasteiger partial charge on any atom is -0.494 e. The molecule has 4 heteroatoms. The van der Waals surface area contributed by atoms with Gasteiger partial charge < -0.3 is 14.8 Å². The summed E-state index contributed by atoms with van der Waals surface area (Å²) in [5.74, 6) is 1.83. The summed E-state index contributed by atoms with van der Waals surface area (Å²) >= 11 is 0. The molecule has 0 saturated heterocycles. The van der Waals surface area contributed by atoms with E-state index < -0.39 is 0 Å². The first-order valence-electron chi connectivity index (χ1n) is 10.4. The zero-order valence-electron chi connectivity index (χ0n) is 17.4. The quantitative estimate of drug-likeness (QED) is 0.445. The van der Waals surface area contributed by atoms with Crippen LogP contribution >= 0.6 is 0 Å². The van der Waals surface area contributed by atoms with Gasteiger partial charge in [-0.1, -0.05) is 58.2 Å². The van der Waals surface area contributed by atoms with Crippen molar-refractivity contribution >= 4 is 11.6 Å². The van der Waals surface area contributed by atoms with Gasteiger partial charge in [-0.15, -0.1) is 0 Å². The molecule has 2 aromatic carbocycles. The van der Waals surface area contributed by atoms with Crippen molar-refractivity contribution in [2.24, 2.45) is 0 Å². The number of hydrogen-bond donors (Lipinski definition) is 1. The van der Waals surface area contributed by atoms with Crippen molar-refractivity contribution in [3.63, 3.8) is 0 Å². The molecule has 2 rings (SSSR count). The van der Waals surface area contributed by atoms with Crippen LogP contribution in [0.4, 0.5) is 5.69 Å². The molecule has 0 aliphatic heterocycles. The second-order valence-electron chi connectivity index (χ2n) is 7.12. The largest absolute Gasteiger partial charge is 0.494 e. The van der Waals surface area contributed by atoms with E-state index in [1.165, 1.54) is 19.3 Å². The molecule has 2 aromatic rings. The molecule has 1 atom stereocenters. The van der Waals surface area contributed by atoms with Crippen LogP contribution in [0.3, 0.4) is 0 Å². The lowest BCUT2D eigenvalue weighted by atomic mass is 9.98. The van der Waals surface area contributed by atoms with Crippen LogP contribution in [-0.4, -0.2) is 19.1 Å². The molecule has 1 amide bonds. The number of carbonyl (C=O) groups is 1. The van der Waals surface area contributed by atoms with Gasteiger partial charge in [0.1, 0.15) is 11.5 Å². The molecule has 0 radical (unpaired) electrons. The van der Waals surface area contributed by atoms with Crippen molar-refractivity contribution in [2.45, 2.75) is 58.8 Å². The van der Waals surface area contributed by atoms with E-state index in [0.29, 0.717) is 5.92 Å². The summed E-state index contributed by atoms with van der Waals surface area (Å²) in [4.78, 5) is 12.2. The number of rotatable bonds is 12. The zero-order valence-corrected chi connectivity index (χ0v) is 17.4. The topological polar surface area (TPSA) is 47.6 Å². The average Bonchev–Trinajstić information content (AvgIpc) is 2.73. The van der Waals surface area contributed by atoms with Crippen molar-refractivity contribution in [2.75, 3.05) is 18.5 Å². The molecule has 0 bridgehead atoms. The van der Waals surface area contributed by atoms with Crippen LogP contribution in [0.25, 0.3) is 0 Å². The Hall–Kier alpha value is -2.49. The summed E-state index contributed by atoms with van der Waals surface area (Å²) in [6.07, 6.45) is 5.77. The molecule has 0 unspecified atom stereocenters. The summed E-state index contributed by atoms with van der Waals surface area (Å²) in [5, 5.41) is 2.87. The van der Waals surface area contributed by atoms with Crippen molar-refractivity contribution < 1.29 is 14.3 Å². The molecule has 28 heavy (non-hydrogen) atoms. The lowest BCUT2D eigenvalue weighted by Gasteiger charge is -2.15. The van der Waals surface area contributed by atoms with E-state index in [9.17, 15) is 4.79 Å². The van der Waals surface area contributed by atoms with Crippen LogP contribution in [0.2, 0.25) is 0 Å². The number of carbonyl (C=O) groups excluding carboxylic acids is 1. The first-order chi connectivity index (χ1) is 13.6. The first-order valence-corrected chi connectivity index (χ1v) is 10.4. The minimum atomic E-state index is -0.174. The highest BCUT2D eigenvalue weighted by Crippen LogP contribution is 2.28. The third-order valence-electron chi connectivity index (χ3n) is 4.83. The molecule has 0 aromatic heterocycles. The number of para-hydroxylation sites is 1. The van der Waals surface area contributed by atoms with Gasteiger partial charge in [0.05, 0.1) is 6.61 Å². The van der Waals surface area contributed by atoms with Gasteiger partial charge in [-0.3, -0.25) is 4.79 Å².